The van der Waals surface area contributed by atoms with Gasteiger partial charge in [0.25, 0.3) is 0 Å². The third-order valence-electron chi connectivity index (χ3n) is 2.35. The summed E-state index contributed by atoms with van der Waals surface area (Å²) in [6.07, 6.45) is 2.36. The van der Waals surface area contributed by atoms with Crippen LogP contribution in [0.15, 0.2) is 30.3 Å². The fraction of sp³-hybridized carbons (Fsp3) is 0.417. The number of carbonyl (C=O) groups excluding carboxylic acids is 1. The lowest BCUT2D eigenvalue weighted by Gasteiger charge is -2.12. The Morgan fingerprint density at radius 3 is 2.65 bits per heavy atom. The molecule has 0 aliphatic heterocycles. The second kappa shape index (κ2) is 7.19. The highest BCUT2D eigenvalue weighted by Crippen LogP contribution is 2.08. The number of nitrogens with two attached hydrogens (primary N) is 1. The van der Waals surface area contributed by atoms with Crippen LogP contribution in [0, 0.1) is 0 Å². The predicted molar refractivity (Wildman–Crippen MR) is 69.9 cm³/mol. The first kappa shape index (κ1) is 13.9. The van der Waals surface area contributed by atoms with Crippen molar-refractivity contribution in [1.82, 2.24) is 5.32 Å². The van der Waals surface area contributed by atoms with Crippen LogP contribution in [0.4, 0.5) is 0 Å². The molecule has 94 valence electrons. The maximum absolute atomic E-state index is 11.7. The average molecular weight is 254 g/mol. The second-order valence-corrected chi connectivity index (χ2v) is 5.36. The summed E-state index contributed by atoms with van der Waals surface area (Å²) in [6, 6.07) is 8.59. The van der Waals surface area contributed by atoms with E-state index in [-0.39, 0.29) is 5.91 Å². The molecule has 5 heteroatoms. The van der Waals surface area contributed by atoms with E-state index in [1.807, 2.05) is 30.3 Å². The topological polar surface area (TPSA) is 72.2 Å². The molecule has 1 aromatic carbocycles. The lowest BCUT2D eigenvalue weighted by Crippen LogP contribution is -2.34. The van der Waals surface area contributed by atoms with Crippen molar-refractivity contribution in [2.24, 2.45) is 5.73 Å². The number of nitrogens with one attached hydrogen (secondary N) is 1. The Hall–Kier alpha value is -1.20. The van der Waals surface area contributed by atoms with Gasteiger partial charge in [-0.25, -0.2) is 0 Å². The quantitative estimate of drug-likeness (QED) is 0.729. The van der Waals surface area contributed by atoms with E-state index in [0.717, 1.165) is 5.56 Å². The second-order valence-electron chi connectivity index (χ2n) is 3.81. The van der Waals surface area contributed by atoms with E-state index in [0.29, 0.717) is 18.7 Å². The maximum Gasteiger partial charge on any atom is 0.241 e. The third kappa shape index (κ3) is 5.10. The molecule has 17 heavy (non-hydrogen) atoms. The smallest absolute Gasteiger partial charge is 0.241 e. The Balaban J connectivity index is 2.35. The van der Waals surface area contributed by atoms with Crippen molar-refractivity contribution in [3.63, 3.8) is 0 Å². The monoisotopic (exact) mass is 254 g/mol. The maximum atomic E-state index is 11.7. The highest BCUT2D eigenvalue weighted by atomic mass is 32.2. The summed E-state index contributed by atoms with van der Waals surface area (Å²) in [5.74, 6) is 0.402. The first-order chi connectivity index (χ1) is 8.11. The summed E-state index contributed by atoms with van der Waals surface area (Å²) in [4.78, 5) is 11.7. The van der Waals surface area contributed by atoms with Crippen molar-refractivity contribution >= 4 is 16.7 Å². The summed E-state index contributed by atoms with van der Waals surface area (Å²) < 4.78 is 10.8. The third-order valence-corrected chi connectivity index (χ3v) is 3.21. The zero-order chi connectivity index (χ0) is 12.7. The van der Waals surface area contributed by atoms with Crippen molar-refractivity contribution < 1.29 is 9.00 Å². The molecule has 0 spiro atoms. The summed E-state index contributed by atoms with van der Waals surface area (Å²) in [7, 11) is -0.810. The van der Waals surface area contributed by atoms with Crippen molar-refractivity contribution in [1.29, 1.82) is 0 Å². The fourth-order valence-corrected chi connectivity index (χ4v) is 1.96. The molecular weight excluding hydrogens is 236 g/mol. The van der Waals surface area contributed by atoms with Gasteiger partial charge in [-0.1, -0.05) is 30.3 Å². The van der Waals surface area contributed by atoms with Gasteiger partial charge in [-0.2, -0.15) is 0 Å². The molecule has 1 aromatic rings. The highest BCUT2D eigenvalue weighted by molar-refractivity contribution is 7.84. The number of benzene rings is 1. The van der Waals surface area contributed by atoms with E-state index in [1.54, 1.807) is 6.26 Å². The molecule has 0 saturated carbocycles. The van der Waals surface area contributed by atoms with E-state index in [4.69, 9.17) is 5.73 Å². The van der Waals surface area contributed by atoms with E-state index in [9.17, 15) is 9.00 Å². The molecule has 0 heterocycles. The average Bonchev–Trinajstić information content (AvgIpc) is 2.34. The van der Waals surface area contributed by atoms with Gasteiger partial charge < -0.3 is 11.1 Å². The molecular formula is C12H18N2O2S. The van der Waals surface area contributed by atoms with Crippen LogP contribution in [0.2, 0.25) is 0 Å². The number of rotatable bonds is 6. The van der Waals surface area contributed by atoms with E-state index in [2.05, 4.69) is 5.32 Å². The normalized spacial score (nSPS) is 14.0. The van der Waals surface area contributed by atoms with Crippen molar-refractivity contribution in [3.8, 4) is 0 Å². The lowest BCUT2D eigenvalue weighted by atomic mass is 10.1. The van der Waals surface area contributed by atoms with Gasteiger partial charge in [-0.3, -0.25) is 9.00 Å². The number of hydrogen-bond acceptors (Lipinski definition) is 3. The minimum absolute atomic E-state index is 0.196. The number of hydrogen-bond donors (Lipinski definition) is 2. The van der Waals surface area contributed by atoms with Gasteiger partial charge in [0.15, 0.2) is 0 Å². The van der Waals surface area contributed by atoms with Crippen LogP contribution in [-0.4, -0.2) is 28.7 Å². The first-order valence-electron chi connectivity index (χ1n) is 5.49. The summed E-state index contributed by atoms with van der Waals surface area (Å²) >= 11 is 0. The van der Waals surface area contributed by atoms with Crippen LogP contribution >= 0.6 is 0 Å². The van der Waals surface area contributed by atoms with Crippen molar-refractivity contribution in [2.75, 3.05) is 18.6 Å². The zero-order valence-electron chi connectivity index (χ0n) is 9.89. The molecule has 2 atom stereocenters. The lowest BCUT2D eigenvalue weighted by molar-refractivity contribution is -0.122. The zero-order valence-corrected chi connectivity index (χ0v) is 10.7. The molecule has 2 unspecified atom stereocenters. The number of carbonyl (C=O) groups is 1. The van der Waals surface area contributed by atoms with Crippen molar-refractivity contribution in [3.05, 3.63) is 35.9 Å². The van der Waals surface area contributed by atoms with Crippen LogP contribution in [-0.2, 0) is 15.6 Å². The Bertz CT molecular complexity index is 381. The molecule has 0 aliphatic rings. The van der Waals surface area contributed by atoms with Crippen molar-refractivity contribution in [2.45, 2.75) is 12.5 Å². The molecule has 0 aliphatic carbocycles. The Morgan fingerprint density at radius 1 is 1.41 bits per heavy atom. The summed E-state index contributed by atoms with van der Waals surface area (Å²) in [5, 5.41) is 2.74. The van der Waals surface area contributed by atoms with Gasteiger partial charge in [0.05, 0.1) is 0 Å². The molecule has 0 fully saturated rings. The minimum atomic E-state index is -0.810. The Labute approximate surface area is 104 Å². The molecule has 4 nitrogen and oxygen atoms in total. The molecule has 3 N–H and O–H groups in total. The SMILES string of the molecule is CS(=O)CCCNC(=O)C(N)c1ccccc1. The van der Waals surface area contributed by atoms with Crippen LogP contribution in [0.3, 0.4) is 0 Å². The molecule has 1 rings (SSSR count). The first-order valence-corrected chi connectivity index (χ1v) is 7.22. The van der Waals surface area contributed by atoms with Crippen LogP contribution in [0.25, 0.3) is 0 Å². The fourth-order valence-electron chi connectivity index (χ4n) is 1.41. The van der Waals surface area contributed by atoms with Gasteiger partial charge in [0, 0.05) is 29.4 Å². The Morgan fingerprint density at radius 2 is 2.06 bits per heavy atom. The van der Waals surface area contributed by atoms with Gasteiger partial charge in [-0.05, 0) is 12.0 Å². The van der Waals surface area contributed by atoms with Gasteiger partial charge in [0.2, 0.25) is 5.91 Å². The van der Waals surface area contributed by atoms with E-state index < -0.39 is 16.8 Å². The van der Waals surface area contributed by atoms with Gasteiger partial charge in [-0.15, -0.1) is 0 Å². The molecule has 0 bridgehead atoms. The molecule has 0 saturated heterocycles. The molecule has 1 amide bonds. The van der Waals surface area contributed by atoms with Crippen LogP contribution in [0.1, 0.15) is 18.0 Å². The number of amides is 1. The van der Waals surface area contributed by atoms with Crippen LogP contribution in [0.5, 0.6) is 0 Å². The van der Waals surface area contributed by atoms with Crippen LogP contribution < -0.4 is 11.1 Å². The molecule has 0 radical (unpaired) electrons. The van der Waals surface area contributed by atoms with E-state index >= 15 is 0 Å². The summed E-state index contributed by atoms with van der Waals surface area (Å²) in [5.41, 5.74) is 6.60. The minimum Gasteiger partial charge on any atom is -0.354 e. The van der Waals surface area contributed by atoms with Gasteiger partial charge >= 0.3 is 0 Å². The Kier molecular flexibility index (Phi) is 5.86. The largest absolute Gasteiger partial charge is 0.354 e. The van der Waals surface area contributed by atoms with E-state index in [1.165, 1.54) is 0 Å². The predicted octanol–water partition coefficient (Wildman–Crippen LogP) is 0.571. The standard InChI is InChI=1S/C12H18N2O2S/c1-17(16)9-5-8-14-12(15)11(13)10-6-3-2-4-7-10/h2-4,6-7,11H,5,8-9,13H2,1H3,(H,14,15). The molecule has 0 aromatic heterocycles. The van der Waals surface area contributed by atoms with Gasteiger partial charge in [0.1, 0.15) is 6.04 Å². The highest BCUT2D eigenvalue weighted by Gasteiger charge is 2.14. The summed E-state index contributed by atoms with van der Waals surface area (Å²) in [6.45, 7) is 0.513.